The highest BCUT2D eigenvalue weighted by Crippen LogP contribution is 2.17. The summed E-state index contributed by atoms with van der Waals surface area (Å²) in [5.41, 5.74) is 0.534. The molecule has 0 amide bonds. The first-order valence-electron chi connectivity index (χ1n) is 6.47. The molecule has 2 rings (SSSR count). The average Bonchev–Trinajstić information content (AvgIpc) is 2.49. The fraction of sp³-hybridized carbons (Fsp3) is 0.333. The Labute approximate surface area is 127 Å². The average molecular weight is 307 g/mol. The summed E-state index contributed by atoms with van der Waals surface area (Å²) in [6, 6.07) is 7.00. The lowest BCUT2D eigenvalue weighted by Crippen LogP contribution is -2.16. The molecule has 0 unspecified atom stereocenters. The molecule has 0 N–H and O–H groups in total. The van der Waals surface area contributed by atoms with E-state index in [-0.39, 0.29) is 11.0 Å². The summed E-state index contributed by atoms with van der Waals surface area (Å²) in [4.78, 5) is 12.1. The van der Waals surface area contributed by atoms with Crippen LogP contribution in [-0.2, 0) is 16.0 Å². The van der Waals surface area contributed by atoms with Crippen LogP contribution in [0.3, 0.4) is 0 Å². The second kappa shape index (κ2) is 7.23. The van der Waals surface area contributed by atoms with E-state index in [1.165, 1.54) is 0 Å². The number of ether oxygens (including phenoxy) is 2. The Morgan fingerprint density at radius 1 is 1.33 bits per heavy atom. The monoisotopic (exact) mass is 306 g/mol. The third-order valence-corrected chi connectivity index (χ3v) is 3.31. The predicted octanol–water partition coefficient (Wildman–Crippen LogP) is 2.19. The SMILES string of the molecule is COCCOCCn1cc(C#N)c(=O)c2cc(Cl)ccc21. The smallest absolute Gasteiger partial charge is 0.207 e. The topological polar surface area (TPSA) is 64.2 Å². The van der Waals surface area contributed by atoms with Gasteiger partial charge in [-0.2, -0.15) is 5.26 Å². The van der Waals surface area contributed by atoms with E-state index < -0.39 is 0 Å². The molecular weight excluding hydrogens is 292 g/mol. The maximum atomic E-state index is 12.1. The van der Waals surface area contributed by atoms with Gasteiger partial charge in [-0.25, -0.2) is 0 Å². The number of hydrogen-bond donors (Lipinski definition) is 0. The molecular formula is C15H15ClN2O3. The van der Waals surface area contributed by atoms with Crippen LogP contribution < -0.4 is 5.43 Å². The Balaban J connectivity index is 2.32. The highest BCUT2D eigenvalue weighted by molar-refractivity contribution is 6.31. The minimum atomic E-state index is -0.299. The van der Waals surface area contributed by atoms with E-state index in [9.17, 15) is 4.79 Å². The summed E-state index contributed by atoms with van der Waals surface area (Å²) in [6.45, 7) is 2.04. The van der Waals surface area contributed by atoms with Crippen molar-refractivity contribution in [1.29, 1.82) is 5.26 Å². The molecule has 0 fully saturated rings. The Morgan fingerprint density at radius 2 is 2.14 bits per heavy atom. The summed E-state index contributed by atoms with van der Waals surface area (Å²) < 4.78 is 12.2. The predicted molar refractivity (Wildman–Crippen MR) is 80.6 cm³/mol. The molecule has 0 radical (unpaired) electrons. The molecule has 0 saturated heterocycles. The molecule has 0 saturated carbocycles. The zero-order chi connectivity index (χ0) is 15.2. The molecule has 2 aromatic rings. The number of nitriles is 1. The van der Waals surface area contributed by atoms with Crippen molar-refractivity contribution in [1.82, 2.24) is 4.57 Å². The number of benzene rings is 1. The van der Waals surface area contributed by atoms with Gasteiger partial charge in [0.15, 0.2) is 0 Å². The van der Waals surface area contributed by atoms with Crippen LogP contribution in [0.1, 0.15) is 5.56 Å². The number of methoxy groups -OCH3 is 1. The number of fused-ring (bicyclic) bond motifs is 1. The highest BCUT2D eigenvalue weighted by Gasteiger charge is 2.09. The molecule has 110 valence electrons. The van der Waals surface area contributed by atoms with Gasteiger partial charge in [0.05, 0.1) is 25.3 Å². The summed E-state index contributed by atoms with van der Waals surface area (Å²) in [5, 5.41) is 9.98. The van der Waals surface area contributed by atoms with Crippen molar-refractivity contribution in [3.8, 4) is 6.07 Å². The molecule has 0 aliphatic rings. The van der Waals surface area contributed by atoms with E-state index in [1.54, 1.807) is 31.5 Å². The van der Waals surface area contributed by atoms with Crippen molar-refractivity contribution >= 4 is 22.5 Å². The van der Waals surface area contributed by atoms with Crippen LogP contribution in [0.4, 0.5) is 0 Å². The number of aromatic nitrogens is 1. The summed E-state index contributed by atoms with van der Waals surface area (Å²) in [6.07, 6.45) is 1.55. The van der Waals surface area contributed by atoms with Crippen LogP contribution in [0.2, 0.25) is 5.02 Å². The van der Waals surface area contributed by atoms with Crippen LogP contribution in [0.5, 0.6) is 0 Å². The van der Waals surface area contributed by atoms with Gasteiger partial charge in [0.1, 0.15) is 11.6 Å². The van der Waals surface area contributed by atoms with E-state index in [2.05, 4.69) is 0 Å². The highest BCUT2D eigenvalue weighted by atomic mass is 35.5. The number of pyridine rings is 1. The normalized spacial score (nSPS) is 10.7. The van der Waals surface area contributed by atoms with Crippen LogP contribution in [-0.4, -0.2) is 31.5 Å². The lowest BCUT2D eigenvalue weighted by molar-refractivity contribution is 0.0669. The van der Waals surface area contributed by atoms with Gasteiger partial charge in [0.25, 0.3) is 0 Å². The molecule has 0 spiro atoms. The summed E-state index contributed by atoms with van der Waals surface area (Å²) in [7, 11) is 1.61. The molecule has 1 heterocycles. The molecule has 0 aliphatic heterocycles. The van der Waals surface area contributed by atoms with E-state index in [1.807, 2.05) is 10.6 Å². The Bertz CT molecular complexity index is 734. The van der Waals surface area contributed by atoms with Crippen LogP contribution in [0.25, 0.3) is 10.9 Å². The van der Waals surface area contributed by atoms with Crippen molar-refractivity contribution in [3.05, 3.63) is 45.2 Å². The van der Waals surface area contributed by atoms with Gasteiger partial charge in [-0.1, -0.05) is 11.6 Å². The molecule has 0 atom stereocenters. The molecule has 1 aromatic carbocycles. The first-order chi connectivity index (χ1) is 10.2. The largest absolute Gasteiger partial charge is 0.382 e. The van der Waals surface area contributed by atoms with Crippen LogP contribution in [0, 0.1) is 11.3 Å². The number of hydrogen-bond acceptors (Lipinski definition) is 4. The lowest BCUT2D eigenvalue weighted by atomic mass is 10.1. The second-order valence-corrected chi connectivity index (χ2v) is 4.88. The maximum Gasteiger partial charge on any atom is 0.207 e. The van der Waals surface area contributed by atoms with Gasteiger partial charge < -0.3 is 14.0 Å². The lowest BCUT2D eigenvalue weighted by Gasteiger charge is -2.12. The molecule has 0 aliphatic carbocycles. The Kier molecular flexibility index (Phi) is 5.34. The zero-order valence-corrected chi connectivity index (χ0v) is 12.4. The van der Waals surface area contributed by atoms with E-state index >= 15 is 0 Å². The number of halogens is 1. The molecule has 6 heteroatoms. The first-order valence-corrected chi connectivity index (χ1v) is 6.84. The van der Waals surface area contributed by atoms with E-state index in [0.29, 0.717) is 36.8 Å². The summed E-state index contributed by atoms with van der Waals surface area (Å²) in [5.74, 6) is 0. The van der Waals surface area contributed by atoms with Crippen molar-refractivity contribution in [2.24, 2.45) is 0 Å². The first kappa shape index (κ1) is 15.5. The quantitative estimate of drug-likeness (QED) is 0.767. The van der Waals surface area contributed by atoms with E-state index in [0.717, 1.165) is 5.52 Å². The Hall–Kier alpha value is -1.87. The summed E-state index contributed by atoms with van der Waals surface area (Å²) >= 11 is 5.93. The standard InChI is InChI=1S/C15H15ClN2O3/c1-20-6-7-21-5-4-18-10-11(9-17)15(19)13-8-12(16)2-3-14(13)18/h2-3,8,10H,4-7H2,1H3. The van der Waals surface area contributed by atoms with Crippen LogP contribution >= 0.6 is 11.6 Å². The van der Waals surface area contributed by atoms with Gasteiger partial charge in [0.2, 0.25) is 5.43 Å². The van der Waals surface area contributed by atoms with Gasteiger partial charge in [-0.15, -0.1) is 0 Å². The molecule has 21 heavy (non-hydrogen) atoms. The van der Waals surface area contributed by atoms with Crippen molar-refractivity contribution in [2.75, 3.05) is 26.9 Å². The van der Waals surface area contributed by atoms with Crippen LogP contribution in [0.15, 0.2) is 29.2 Å². The third-order valence-electron chi connectivity index (χ3n) is 3.07. The Morgan fingerprint density at radius 3 is 2.86 bits per heavy atom. The zero-order valence-electron chi connectivity index (χ0n) is 11.6. The molecule has 5 nitrogen and oxygen atoms in total. The molecule has 1 aromatic heterocycles. The maximum absolute atomic E-state index is 12.1. The third kappa shape index (κ3) is 3.61. The van der Waals surface area contributed by atoms with E-state index in [4.69, 9.17) is 26.3 Å². The van der Waals surface area contributed by atoms with Gasteiger partial charge in [-0.05, 0) is 18.2 Å². The van der Waals surface area contributed by atoms with Gasteiger partial charge >= 0.3 is 0 Å². The van der Waals surface area contributed by atoms with Crippen molar-refractivity contribution in [2.45, 2.75) is 6.54 Å². The molecule has 0 bridgehead atoms. The van der Waals surface area contributed by atoms with Crippen molar-refractivity contribution < 1.29 is 9.47 Å². The minimum absolute atomic E-state index is 0.0988. The minimum Gasteiger partial charge on any atom is -0.382 e. The fourth-order valence-electron chi connectivity index (χ4n) is 2.04. The fourth-order valence-corrected chi connectivity index (χ4v) is 2.21. The number of nitrogens with zero attached hydrogens (tertiary/aromatic N) is 2. The second-order valence-electron chi connectivity index (χ2n) is 4.44. The van der Waals surface area contributed by atoms with Gasteiger partial charge in [0, 0.05) is 30.3 Å². The van der Waals surface area contributed by atoms with Crippen molar-refractivity contribution in [3.63, 3.8) is 0 Å². The van der Waals surface area contributed by atoms with Gasteiger partial charge in [-0.3, -0.25) is 4.79 Å². The number of rotatable bonds is 6.